The monoisotopic (exact) mass is 648 g/mol. The third-order valence-electron chi connectivity index (χ3n) is 8.28. The number of esters is 1. The van der Waals surface area contributed by atoms with Gasteiger partial charge in [0.05, 0.1) is 6.61 Å². The quantitative estimate of drug-likeness (QED) is 0.156. The van der Waals surface area contributed by atoms with E-state index in [1.54, 1.807) is 0 Å². The van der Waals surface area contributed by atoms with Crippen LogP contribution in [0.4, 0.5) is 0 Å². The lowest BCUT2D eigenvalue weighted by Gasteiger charge is -2.32. The maximum atomic E-state index is 12.7. The molecule has 4 rings (SSSR count). The van der Waals surface area contributed by atoms with Crippen LogP contribution in [0.5, 0.6) is 17.2 Å². The van der Waals surface area contributed by atoms with Crippen molar-refractivity contribution in [2.24, 2.45) is 0 Å². The van der Waals surface area contributed by atoms with Gasteiger partial charge in [0.2, 0.25) is 0 Å². The normalized spacial score (nSPS) is 14.0. The minimum atomic E-state index is -1.85. The molecule has 3 aromatic rings. The number of fused-ring (bicyclic) bond motifs is 2. The Bertz CT molecular complexity index is 1510. The van der Waals surface area contributed by atoms with Crippen LogP contribution in [0.1, 0.15) is 119 Å². The van der Waals surface area contributed by atoms with Gasteiger partial charge in [0.1, 0.15) is 23.9 Å². The van der Waals surface area contributed by atoms with Crippen LogP contribution >= 0.6 is 8.60 Å². The summed E-state index contributed by atoms with van der Waals surface area (Å²) in [6, 6.07) is 12.7. The van der Waals surface area contributed by atoms with Gasteiger partial charge in [-0.2, -0.15) is 0 Å². The summed E-state index contributed by atoms with van der Waals surface area (Å²) < 4.78 is 25.1. The standard InChI is InChI=1S/C39H53O6P/c1-24-17-28-23-29-18-25(2)20-32(39(10,11)12)36(29)45-46(44-35(28)31(19-24)38(7,8)9)43-16-15-42-33(40)14-13-27-21-26(3)34(41)30(22-27)37(4,5)6/h17-22,41H,13-16,23H2,1-12H3. The fourth-order valence-corrected chi connectivity index (χ4v) is 6.97. The average Bonchev–Trinajstić information content (AvgIpc) is 2.90. The molecule has 7 heteroatoms. The number of benzene rings is 3. The molecule has 0 saturated carbocycles. The first-order valence-electron chi connectivity index (χ1n) is 16.3. The second kappa shape index (κ2) is 13.6. The Hall–Kier alpha value is -3.08. The topological polar surface area (TPSA) is 74.2 Å². The molecule has 0 unspecified atom stereocenters. The Morgan fingerprint density at radius 1 is 0.739 bits per heavy atom. The number of aromatic hydroxyl groups is 1. The zero-order valence-corrected chi connectivity index (χ0v) is 30.8. The lowest BCUT2D eigenvalue weighted by atomic mass is 9.81. The molecule has 6 nitrogen and oxygen atoms in total. The van der Waals surface area contributed by atoms with Crippen molar-refractivity contribution in [3.63, 3.8) is 0 Å². The number of carbonyl (C=O) groups is 1. The maximum Gasteiger partial charge on any atom is 0.463 e. The van der Waals surface area contributed by atoms with E-state index >= 15 is 0 Å². The van der Waals surface area contributed by atoms with Crippen molar-refractivity contribution >= 4 is 14.6 Å². The van der Waals surface area contributed by atoms with Crippen molar-refractivity contribution in [1.29, 1.82) is 0 Å². The molecule has 0 amide bonds. The van der Waals surface area contributed by atoms with E-state index in [-0.39, 0.29) is 41.8 Å². The van der Waals surface area contributed by atoms with Crippen LogP contribution < -0.4 is 9.05 Å². The molecule has 0 aliphatic carbocycles. The van der Waals surface area contributed by atoms with E-state index in [1.807, 2.05) is 19.1 Å². The van der Waals surface area contributed by atoms with Crippen molar-refractivity contribution in [3.8, 4) is 17.2 Å². The minimum Gasteiger partial charge on any atom is -0.507 e. The summed E-state index contributed by atoms with van der Waals surface area (Å²) in [6.45, 7) is 25.7. The molecule has 1 N–H and O–H groups in total. The number of carbonyl (C=O) groups excluding carboxylic acids is 1. The summed E-state index contributed by atoms with van der Waals surface area (Å²) in [5, 5.41) is 10.5. The Morgan fingerprint density at radius 3 is 1.72 bits per heavy atom. The van der Waals surface area contributed by atoms with Crippen molar-refractivity contribution in [2.75, 3.05) is 13.2 Å². The van der Waals surface area contributed by atoms with Crippen molar-refractivity contribution in [2.45, 2.75) is 119 Å². The molecule has 250 valence electrons. The first-order chi connectivity index (χ1) is 21.2. The summed E-state index contributed by atoms with van der Waals surface area (Å²) in [4.78, 5) is 12.7. The van der Waals surface area contributed by atoms with Gasteiger partial charge in [0, 0.05) is 24.0 Å². The first-order valence-corrected chi connectivity index (χ1v) is 17.4. The Morgan fingerprint density at radius 2 is 1.24 bits per heavy atom. The van der Waals surface area contributed by atoms with E-state index < -0.39 is 8.60 Å². The highest BCUT2D eigenvalue weighted by Crippen LogP contribution is 2.52. The van der Waals surface area contributed by atoms with Crippen LogP contribution in [0.15, 0.2) is 36.4 Å². The van der Waals surface area contributed by atoms with E-state index in [4.69, 9.17) is 18.3 Å². The molecule has 0 bridgehead atoms. The zero-order chi connectivity index (χ0) is 34.2. The van der Waals surface area contributed by atoms with Crippen LogP contribution in [0.3, 0.4) is 0 Å². The van der Waals surface area contributed by atoms with Crippen molar-refractivity contribution in [1.82, 2.24) is 0 Å². The molecule has 3 aromatic carbocycles. The highest BCUT2D eigenvalue weighted by Gasteiger charge is 2.33. The van der Waals surface area contributed by atoms with Crippen molar-refractivity contribution < 1.29 is 28.2 Å². The van der Waals surface area contributed by atoms with Crippen LogP contribution in [-0.2, 0) is 43.1 Å². The van der Waals surface area contributed by atoms with Gasteiger partial charge in [-0.1, -0.05) is 110 Å². The summed E-state index contributed by atoms with van der Waals surface area (Å²) in [5.74, 6) is 1.64. The van der Waals surface area contributed by atoms with Gasteiger partial charge in [-0.05, 0) is 71.3 Å². The number of phenolic OH excluding ortho intramolecular Hbond substituents is 1. The number of phenols is 1. The third kappa shape index (κ3) is 8.63. The molecule has 0 spiro atoms. The Balaban J connectivity index is 1.51. The Labute approximate surface area is 277 Å². The summed E-state index contributed by atoms with van der Waals surface area (Å²) in [7, 11) is -1.85. The second-order valence-electron chi connectivity index (χ2n) is 15.8. The molecule has 0 radical (unpaired) electrons. The second-order valence-corrected chi connectivity index (χ2v) is 16.9. The lowest BCUT2D eigenvalue weighted by Crippen LogP contribution is -2.19. The first kappa shape index (κ1) is 35.8. The smallest absolute Gasteiger partial charge is 0.463 e. The maximum absolute atomic E-state index is 12.7. The summed E-state index contributed by atoms with van der Waals surface area (Å²) in [5.41, 5.74) is 9.01. The molecule has 0 fully saturated rings. The van der Waals surface area contributed by atoms with E-state index in [2.05, 4.69) is 100 Å². The predicted octanol–water partition coefficient (Wildman–Crippen LogP) is 9.99. The number of rotatable bonds is 7. The summed E-state index contributed by atoms with van der Waals surface area (Å²) >= 11 is 0. The van der Waals surface area contributed by atoms with Crippen molar-refractivity contribution in [3.05, 3.63) is 86.5 Å². The van der Waals surface area contributed by atoms with E-state index in [1.165, 1.54) is 11.1 Å². The van der Waals surface area contributed by atoms with Gasteiger partial charge < -0.3 is 18.9 Å². The minimum absolute atomic E-state index is 0.0893. The summed E-state index contributed by atoms with van der Waals surface area (Å²) in [6.07, 6.45) is 1.46. The third-order valence-corrected chi connectivity index (χ3v) is 9.33. The lowest BCUT2D eigenvalue weighted by molar-refractivity contribution is -0.144. The molecular weight excluding hydrogens is 595 g/mol. The average molecular weight is 649 g/mol. The van der Waals surface area contributed by atoms with Crippen LogP contribution in [0.25, 0.3) is 0 Å². The van der Waals surface area contributed by atoms with Gasteiger partial charge in [0.25, 0.3) is 0 Å². The van der Waals surface area contributed by atoms with Gasteiger partial charge in [0.15, 0.2) is 0 Å². The molecule has 1 heterocycles. The number of hydrogen-bond donors (Lipinski definition) is 1. The highest BCUT2D eigenvalue weighted by molar-refractivity contribution is 7.42. The van der Waals surface area contributed by atoms with Gasteiger partial charge in [-0.25, -0.2) is 0 Å². The van der Waals surface area contributed by atoms with Gasteiger partial charge in [-0.3, -0.25) is 9.32 Å². The molecule has 0 aromatic heterocycles. The molecule has 1 aliphatic heterocycles. The molecular formula is C39H53O6P. The molecule has 46 heavy (non-hydrogen) atoms. The SMILES string of the molecule is Cc1cc2c(c(C(C)(C)C)c1)OP(OCCOC(=O)CCc1cc(C)c(O)c(C(C)(C)C)c1)Oc1c(cc(C)cc1C(C)(C)C)C2. The number of hydrogen-bond acceptors (Lipinski definition) is 6. The highest BCUT2D eigenvalue weighted by atomic mass is 31.2. The van der Waals surface area contributed by atoms with E-state index in [0.717, 1.165) is 50.4 Å². The van der Waals surface area contributed by atoms with Gasteiger partial charge >= 0.3 is 14.6 Å². The van der Waals surface area contributed by atoms with E-state index in [9.17, 15) is 9.90 Å². The van der Waals surface area contributed by atoms with Crippen LogP contribution in [-0.4, -0.2) is 24.3 Å². The van der Waals surface area contributed by atoms with Crippen LogP contribution in [0.2, 0.25) is 0 Å². The molecule has 1 aliphatic rings. The number of aryl methyl sites for hydroxylation is 4. The predicted molar refractivity (Wildman–Crippen MR) is 188 cm³/mol. The van der Waals surface area contributed by atoms with E-state index in [0.29, 0.717) is 18.6 Å². The van der Waals surface area contributed by atoms with Gasteiger partial charge in [-0.15, -0.1) is 0 Å². The molecule has 0 saturated heterocycles. The largest absolute Gasteiger partial charge is 0.507 e. The fourth-order valence-electron chi connectivity index (χ4n) is 5.87. The zero-order valence-electron chi connectivity index (χ0n) is 29.9. The van der Waals surface area contributed by atoms with Crippen LogP contribution in [0, 0.1) is 20.8 Å². The number of ether oxygens (including phenoxy) is 1. The molecule has 0 atom stereocenters. The fraction of sp³-hybridized carbons (Fsp3) is 0.513. The Kier molecular flexibility index (Phi) is 10.6.